The third kappa shape index (κ3) is 4.55. The zero-order valence-corrected chi connectivity index (χ0v) is 17.5. The molecule has 0 bridgehead atoms. The smallest absolute Gasteiger partial charge is 0.308 e. The number of nitrogens with zero attached hydrogens (tertiary/aromatic N) is 2. The van der Waals surface area contributed by atoms with Crippen molar-refractivity contribution in [3.05, 3.63) is 109 Å². The maximum Gasteiger partial charge on any atom is 0.323 e. The predicted octanol–water partition coefficient (Wildman–Crippen LogP) is 6.75. The number of aromatic nitrogens is 2. The summed E-state index contributed by atoms with van der Waals surface area (Å²) in [4.78, 5) is 22.2. The molecule has 0 saturated heterocycles. The number of urea groups is 1. The number of carbonyl (C=O) groups is 1. The topological polar surface area (TPSA) is 66.9 Å². The first kappa shape index (κ1) is 20.3. The van der Waals surface area contributed by atoms with Crippen molar-refractivity contribution < 1.29 is 9.18 Å². The fourth-order valence-electron chi connectivity index (χ4n) is 3.55. The summed E-state index contributed by atoms with van der Waals surface area (Å²) in [5.74, 6) is -0.363. The number of hydrogen-bond acceptors (Lipinski definition) is 3. The number of carbonyl (C=O) groups excluding carboxylic acids is 1. The molecule has 0 aliphatic heterocycles. The summed E-state index contributed by atoms with van der Waals surface area (Å²) >= 11 is 0. The second-order valence-electron chi connectivity index (χ2n) is 7.44. The average molecular weight is 434 g/mol. The number of anilines is 2. The van der Waals surface area contributed by atoms with E-state index in [4.69, 9.17) is 9.97 Å². The number of nitrogens with one attached hydrogen (secondary N) is 2. The Bertz CT molecular complexity index is 1420. The van der Waals surface area contributed by atoms with Crippen LogP contribution < -0.4 is 10.6 Å². The molecule has 0 aliphatic rings. The highest BCUT2D eigenvalue weighted by Gasteiger charge is 2.14. The van der Waals surface area contributed by atoms with Gasteiger partial charge in [-0.15, -0.1) is 0 Å². The highest BCUT2D eigenvalue weighted by molar-refractivity contribution is 6.01. The average Bonchev–Trinajstić information content (AvgIpc) is 2.85. The van der Waals surface area contributed by atoms with E-state index in [1.54, 1.807) is 12.1 Å². The van der Waals surface area contributed by atoms with Gasteiger partial charge in [0.1, 0.15) is 5.82 Å². The molecular formula is C27H19FN4O. The Hall–Kier alpha value is -4.58. The van der Waals surface area contributed by atoms with Crippen LogP contribution in [0.4, 0.5) is 20.6 Å². The molecular weight excluding hydrogens is 415 g/mol. The highest BCUT2D eigenvalue weighted by atomic mass is 19.1. The standard InChI is InChI=1S/C27H19FN4O/c28-20-11-13-21(14-12-20)29-27(33)30-22-15-16-23-24(17-22)32-26(19-9-5-2-6-10-19)25(31-23)18-7-3-1-4-8-18/h1-17H,(H2,29,30,33). The van der Waals surface area contributed by atoms with E-state index in [-0.39, 0.29) is 5.82 Å². The van der Waals surface area contributed by atoms with Gasteiger partial charge < -0.3 is 10.6 Å². The van der Waals surface area contributed by atoms with Crippen LogP contribution in [0, 0.1) is 5.82 Å². The summed E-state index contributed by atoms with van der Waals surface area (Å²) in [6, 6.07) is 30.4. The van der Waals surface area contributed by atoms with Crippen LogP contribution in [-0.2, 0) is 0 Å². The predicted molar refractivity (Wildman–Crippen MR) is 129 cm³/mol. The van der Waals surface area contributed by atoms with Gasteiger partial charge >= 0.3 is 6.03 Å². The molecule has 0 aliphatic carbocycles. The summed E-state index contributed by atoms with van der Waals surface area (Å²) in [5, 5.41) is 5.47. The van der Waals surface area contributed by atoms with Crippen LogP contribution >= 0.6 is 0 Å². The number of halogens is 1. The minimum atomic E-state index is -0.432. The lowest BCUT2D eigenvalue weighted by molar-refractivity contribution is 0.262. The van der Waals surface area contributed by atoms with Gasteiger partial charge in [-0.1, -0.05) is 60.7 Å². The molecule has 0 unspecified atom stereocenters. The molecule has 1 heterocycles. The molecule has 160 valence electrons. The zero-order valence-electron chi connectivity index (χ0n) is 17.5. The number of benzene rings is 4. The molecule has 0 fully saturated rings. The molecule has 5 aromatic rings. The lowest BCUT2D eigenvalue weighted by atomic mass is 10.0. The van der Waals surface area contributed by atoms with E-state index in [2.05, 4.69) is 10.6 Å². The lowest BCUT2D eigenvalue weighted by Crippen LogP contribution is -2.19. The molecule has 1 aromatic heterocycles. The molecule has 2 amide bonds. The van der Waals surface area contributed by atoms with Crippen molar-refractivity contribution >= 4 is 28.4 Å². The normalized spacial score (nSPS) is 10.7. The van der Waals surface area contributed by atoms with Gasteiger partial charge in [0.25, 0.3) is 0 Å². The third-order valence-corrected chi connectivity index (χ3v) is 5.12. The lowest BCUT2D eigenvalue weighted by Gasteiger charge is -2.12. The van der Waals surface area contributed by atoms with E-state index < -0.39 is 6.03 Å². The van der Waals surface area contributed by atoms with Gasteiger partial charge in [-0.3, -0.25) is 0 Å². The van der Waals surface area contributed by atoms with E-state index in [0.29, 0.717) is 16.9 Å². The summed E-state index contributed by atoms with van der Waals surface area (Å²) in [6.07, 6.45) is 0. The van der Waals surface area contributed by atoms with Gasteiger partial charge in [-0.25, -0.2) is 19.2 Å². The molecule has 0 saturated carbocycles. The molecule has 0 spiro atoms. The number of amides is 2. The molecule has 0 atom stereocenters. The van der Waals surface area contributed by atoms with Crippen LogP contribution in [0.3, 0.4) is 0 Å². The van der Waals surface area contributed by atoms with Crippen LogP contribution in [0.2, 0.25) is 0 Å². The van der Waals surface area contributed by atoms with Crippen LogP contribution in [0.5, 0.6) is 0 Å². The Morgan fingerprint density at radius 2 is 1.12 bits per heavy atom. The fraction of sp³-hybridized carbons (Fsp3) is 0. The monoisotopic (exact) mass is 434 g/mol. The zero-order chi connectivity index (χ0) is 22.6. The number of rotatable bonds is 4. The molecule has 6 heteroatoms. The SMILES string of the molecule is O=C(Nc1ccc(F)cc1)Nc1ccc2nc(-c3ccccc3)c(-c3ccccc3)nc2c1. The summed E-state index contributed by atoms with van der Waals surface area (Å²) < 4.78 is 13.1. The quantitative estimate of drug-likeness (QED) is 0.329. The molecule has 5 nitrogen and oxygen atoms in total. The molecule has 33 heavy (non-hydrogen) atoms. The highest BCUT2D eigenvalue weighted by Crippen LogP contribution is 2.31. The first-order valence-corrected chi connectivity index (χ1v) is 10.4. The van der Waals surface area contributed by atoms with Crippen LogP contribution in [0.25, 0.3) is 33.5 Å². The maximum absolute atomic E-state index is 13.1. The number of hydrogen-bond donors (Lipinski definition) is 2. The largest absolute Gasteiger partial charge is 0.323 e. The first-order chi connectivity index (χ1) is 16.2. The molecule has 4 aromatic carbocycles. The Labute approximate surface area is 190 Å². The van der Waals surface area contributed by atoms with E-state index in [1.807, 2.05) is 66.7 Å². The Kier molecular flexibility index (Phi) is 5.47. The van der Waals surface area contributed by atoms with E-state index >= 15 is 0 Å². The first-order valence-electron chi connectivity index (χ1n) is 10.4. The van der Waals surface area contributed by atoms with Crippen molar-refractivity contribution in [3.63, 3.8) is 0 Å². The van der Waals surface area contributed by atoms with Gasteiger partial charge in [-0.2, -0.15) is 0 Å². The summed E-state index contributed by atoms with van der Waals surface area (Å²) in [5.41, 5.74) is 5.94. The second-order valence-corrected chi connectivity index (χ2v) is 7.44. The van der Waals surface area contributed by atoms with Gasteiger partial charge in [0.05, 0.1) is 22.4 Å². The van der Waals surface area contributed by atoms with Gasteiger partial charge in [0, 0.05) is 22.5 Å². The van der Waals surface area contributed by atoms with Crippen molar-refractivity contribution in [2.24, 2.45) is 0 Å². The van der Waals surface area contributed by atoms with Gasteiger partial charge in [0.15, 0.2) is 0 Å². The minimum absolute atomic E-state index is 0.363. The third-order valence-electron chi connectivity index (χ3n) is 5.12. The Morgan fingerprint density at radius 3 is 1.73 bits per heavy atom. The van der Waals surface area contributed by atoms with Crippen molar-refractivity contribution in [2.75, 3.05) is 10.6 Å². The maximum atomic E-state index is 13.1. The van der Waals surface area contributed by atoms with E-state index in [0.717, 1.165) is 28.0 Å². The van der Waals surface area contributed by atoms with Crippen LogP contribution in [0.1, 0.15) is 0 Å². The minimum Gasteiger partial charge on any atom is -0.308 e. The Morgan fingerprint density at radius 1 is 0.606 bits per heavy atom. The van der Waals surface area contributed by atoms with Crippen LogP contribution in [-0.4, -0.2) is 16.0 Å². The summed E-state index contributed by atoms with van der Waals surface area (Å²) in [7, 11) is 0. The van der Waals surface area contributed by atoms with Crippen molar-refractivity contribution in [1.29, 1.82) is 0 Å². The van der Waals surface area contributed by atoms with Crippen molar-refractivity contribution in [1.82, 2.24) is 9.97 Å². The number of fused-ring (bicyclic) bond motifs is 1. The van der Waals surface area contributed by atoms with E-state index in [9.17, 15) is 9.18 Å². The Balaban J connectivity index is 1.50. The second kappa shape index (κ2) is 8.88. The van der Waals surface area contributed by atoms with Crippen molar-refractivity contribution in [3.8, 4) is 22.5 Å². The van der Waals surface area contributed by atoms with Crippen LogP contribution in [0.15, 0.2) is 103 Å². The van der Waals surface area contributed by atoms with Gasteiger partial charge in [0.2, 0.25) is 0 Å². The summed E-state index contributed by atoms with van der Waals surface area (Å²) in [6.45, 7) is 0. The molecule has 0 radical (unpaired) electrons. The van der Waals surface area contributed by atoms with E-state index in [1.165, 1.54) is 24.3 Å². The fourth-order valence-corrected chi connectivity index (χ4v) is 3.55. The molecule has 2 N–H and O–H groups in total. The molecule has 5 rings (SSSR count). The van der Waals surface area contributed by atoms with Gasteiger partial charge in [-0.05, 0) is 42.5 Å². The van der Waals surface area contributed by atoms with Crippen molar-refractivity contribution in [2.45, 2.75) is 0 Å².